The molecule has 5 nitrogen and oxygen atoms in total. The van der Waals surface area contributed by atoms with Crippen molar-refractivity contribution in [3.8, 4) is 0 Å². The highest BCUT2D eigenvalue weighted by Crippen LogP contribution is 2.40. The third-order valence-corrected chi connectivity index (χ3v) is 3.48. The monoisotopic (exact) mass is 224 g/mol. The molecule has 1 amide bonds. The van der Waals surface area contributed by atoms with Crippen LogP contribution in [0.1, 0.15) is 36.4 Å². The molecule has 2 unspecified atom stereocenters. The first-order valence-electron chi connectivity index (χ1n) is 5.33. The fourth-order valence-corrected chi connectivity index (χ4v) is 1.88. The lowest BCUT2D eigenvalue weighted by molar-refractivity contribution is -0.0692. The van der Waals surface area contributed by atoms with Gasteiger partial charge in [0.2, 0.25) is 5.76 Å². The summed E-state index contributed by atoms with van der Waals surface area (Å²) in [7, 11) is 0. The third-order valence-electron chi connectivity index (χ3n) is 3.48. The van der Waals surface area contributed by atoms with E-state index >= 15 is 0 Å². The van der Waals surface area contributed by atoms with Crippen LogP contribution in [0.3, 0.4) is 0 Å². The van der Waals surface area contributed by atoms with Crippen molar-refractivity contribution < 1.29 is 14.4 Å². The zero-order valence-electron chi connectivity index (χ0n) is 9.65. The molecule has 0 aromatic carbocycles. The number of nitrogens with one attached hydrogen (secondary N) is 1. The number of aliphatic hydroxyl groups is 1. The van der Waals surface area contributed by atoms with E-state index < -0.39 is 0 Å². The van der Waals surface area contributed by atoms with Crippen molar-refractivity contribution in [2.24, 2.45) is 5.41 Å². The molecule has 1 aliphatic rings. The van der Waals surface area contributed by atoms with Crippen molar-refractivity contribution in [3.05, 3.63) is 17.5 Å². The predicted octanol–water partition coefficient (Wildman–Crippen LogP) is 0.872. The zero-order valence-corrected chi connectivity index (χ0v) is 9.65. The number of aryl methyl sites for hydroxylation is 1. The molecular formula is C11H16N2O3. The van der Waals surface area contributed by atoms with Crippen LogP contribution >= 0.6 is 0 Å². The largest absolute Gasteiger partial charge is 0.392 e. The summed E-state index contributed by atoms with van der Waals surface area (Å²) in [4.78, 5) is 11.8. The maximum absolute atomic E-state index is 11.8. The van der Waals surface area contributed by atoms with Gasteiger partial charge in [0.25, 0.3) is 5.91 Å². The Balaban J connectivity index is 2.02. The van der Waals surface area contributed by atoms with E-state index in [4.69, 9.17) is 4.52 Å². The summed E-state index contributed by atoms with van der Waals surface area (Å²) in [6.07, 6.45) is 1.75. The summed E-state index contributed by atoms with van der Waals surface area (Å²) in [5.41, 5.74) is 0.444. The molecule has 0 saturated heterocycles. The lowest BCUT2D eigenvalue weighted by Crippen LogP contribution is -2.61. The lowest BCUT2D eigenvalue weighted by atomic mass is 9.64. The average molecular weight is 224 g/mol. The predicted molar refractivity (Wildman–Crippen MR) is 56.9 cm³/mol. The Bertz CT molecular complexity index is 411. The molecule has 0 bridgehead atoms. The van der Waals surface area contributed by atoms with E-state index in [1.54, 1.807) is 6.92 Å². The Morgan fingerprint density at radius 3 is 2.81 bits per heavy atom. The topological polar surface area (TPSA) is 75.4 Å². The smallest absolute Gasteiger partial charge is 0.290 e. The summed E-state index contributed by atoms with van der Waals surface area (Å²) in [5.74, 6) is -0.0165. The SMILES string of the molecule is Cc1cnoc1C(=O)NC1CC(O)C1(C)C. The molecule has 1 fully saturated rings. The summed E-state index contributed by atoms with van der Waals surface area (Å²) in [6.45, 7) is 5.63. The first kappa shape index (κ1) is 11.1. The zero-order chi connectivity index (χ0) is 11.9. The van der Waals surface area contributed by atoms with Crippen LogP contribution in [-0.2, 0) is 0 Å². The van der Waals surface area contributed by atoms with Crippen molar-refractivity contribution in [1.29, 1.82) is 0 Å². The van der Waals surface area contributed by atoms with E-state index in [2.05, 4.69) is 10.5 Å². The fraction of sp³-hybridized carbons (Fsp3) is 0.636. The van der Waals surface area contributed by atoms with Crippen LogP contribution < -0.4 is 5.32 Å². The van der Waals surface area contributed by atoms with Gasteiger partial charge in [0, 0.05) is 17.0 Å². The van der Waals surface area contributed by atoms with Crippen LogP contribution in [0.4, 0.5) is 0 Å². The summed E-state index contributed by atoms with van der Waals surface area (Å²) in [5, 5.41) is 16.0. The minimum Gasteiger partial charge on any atom is -0.392 e. The lowest BCUT2D eigenvalue weighted by Gasteiger charge is -2.49. The molecule has 1 heterocycles. The third kappa shape index (κ3) is 1.61. The second-order valence-electron chi connectivity index (χ2n) is 4.94. The average Bonchev–Trinajstić information content (AvgIpc) is 2.64. The number of carbonyl (C=O) groups is 1. The van der Waals surface area contributed by atoms with Gasteiger partial charge in [0.15, 0.2) is 0 Å². The van der Waals surface area contributed by atoms with Gasteiger partial charge < -0.3 is 14.9 Å². The summed E-state index contributed by atoms with van der Waals surface area (Å²) in [6, 6.07) is -0.0144. The molecule has 1 saturated carbocycles. The standard InChI is InChI=1S/C11H16N2O3/c1-6-5-12-16-9(6)10(15)13-7-4-8(14)11(7,2)3/h5,7-8,14H,4H2,1-3H3,(H,13,15). The Kier molecular flexibility index (Phi) is 2.50. The van der Waals surface area contributed by atoms with E-state index in [-0.39, 0.29) is 29.2 Å². The minimum atomic E-state index is -0.353. The molecule has 2 atom stereocenters. The van der Waals surface area contributed by atoms with E-state index in [1.807, 2.05) is 13.8 Å². The van der Waals surface area contributed by atoms with Gasteiger partial charge in [0.05, 0.1) is 12.3 Å². The quantitative estimate of drug-likeness (QED) is 0.781. The van der Waals surface area contributed by atoms with Crippen LogP contribution in [0.25, 0.3) is 0 Å². The first-order chi connectivity index (χ1) is 7.43. The number of hydrogen-bond acceptors (Lipinski definition) is 4. The summed E-state index contributed by atoms with van der Waals surface area (Å²) >= 11 is 0. The molecular weight excluding hydrogens is 208 g/mol. The maximum atomic E-state index is 11.8. The molecule has 1 aromatic heterocycles. The highest BCUT2D eigenvalue weighted by Gasteiger charge is 2.48. The van der Waals surface area contributed by atoms with Crippen LogP contribution in [0.15, 0.2) is 10.7 Å². The van der Waals surface area contributed by atoms with Gasteiger partial charge in [-0.05, 0) is 13.3 Å². The fourth-order valence-electron chi connectivity index (χ4n) is 1.88. The molecule has 88 valence electrons. The van der Waals surface area contributed by atoms with Crippen molar-refractivity contribution >= 4 is 5.91 Å². The normalized spacial score (nSPS) is 27.2. The van der Waals surface area contributed by atoms with Gasteiger partial charge in [-0.2, -0.15) is 0 Å². The van der Waals surface area contributed by atoms with Crippen molar-refractivity contribution in [2.75, 3.05) is 0 Å². The molecule has 1 aromatic rings. The Hall–Kier alpha value is -1.36. The first-order valence-corrected chi connectivity index (χ1v) is 5.33. The Labute approximate surface area is 93.8 Å². The highest BCUT2D eigenvalue weighted by molar-refractivity contribution is 5.92. The molecule has 0 radical (unpaired) electrons. The second-order valence-corrected chi connectivity index (χ2v) is 4.94. The number of hydrogen-bond donors (Lipinski definition) is 2. The second kappa shape index (κ2) is 3.59. The van der Waals surface area contributed by atoms with Gasteiger partial charge >= 0.3 is 0 Å². The molecule has 2 rings (SSSR count). The van der Waals surface area contributed by atoms with E-state index in [1.165, 1.54) is 6.20 Å². The van der Waals surface area contributed by atoms with Gasteiger partial charge in [-0.1, -0.05) is 19.0 Å². The highest BCUT2D eigenvalue weighted by atomic mass is 16.5. The van der Waals surface area contributed by atoms with Crippen molar-refractivity contribution in [3.63, 3.8) is 0 Å². The van der Waals surface area contributed by atoms with Crippen LogP contribution in [0.2, 0.25) is 0 Å². The number of nitrogens with zero attached hydrogens (tertiary/aromatic N) is 1. The number of aromatic nitrogens is 1. The van der Waals surface area contributed by atoms with Crippen molar-refractivity contribution in [1.82, 2.24) is 10.5 Å². The molecule has 0 spiro atoms. The molecule has 5 heteroatoms. The Morgan fingerprint density at radius 1 is 1.69 bits per heavy atom. The number of carbonyl (C=O) groups excluding carboxylic acids is 1. The van der Waals surface area contributed by atoms with E-state index in [0.717, 1.165) is 5.56 Å². The Morgan fingerprint density at radius 2 is 2.38 bits per heavy atom. The van der Waals surface area contributed by atoms with Crippen molar-refractivity contribution in [2.45, 2.75) is 39.3 Å². The maximum Gasteiger partial charge on any atom is 0.290 e. The number of amides is 1. The van der Waals surface area contributed by atoms with Gasteiger partial charge in [0.1, 0.15) is 0 Å². The van der Waals surface area contributed by atoms with Crippen LogP contribution in [0, 0.1) is 12.3 Å². The van der Waals surface area contributed by atoms with Gasteiger partial charge in [-0.25, -0.2) is 0 Å². The van der Waals surface area contributed by atoms with Crippen LogP contribution in [0.5, 0.6) is 0 Å². The minimum absolute atomic E-state index is 0.0144. The molecule has 2 N–H and O–H groups in total. The van der Waals surface area contributed by atoms with E-state index in [0.29, 0.717) is 6.42 Å². The molecule has 0 aliphatic heterocycles. The van der Waals surface area contributed by atoms with E-state index in [9.17, 15) is 9.90 Å². The van der Waals surface area contributed by atoms with Gasteiger partial charge in [-0.15, -0.1) is 0 Å². The molecule has 16 heavy (non-hydrogen) atoms. The van der Waals surface area contributed by atoms with Gasteiger partial charge in [-0.3, -0.25) is 4.79 Å². The molecule has 1 aliphatic carbocycles. The van der Waals surface area contributed by atoms with Crippen LogP contribution in [-0.4, -0.2) is 28.3 Å². The number of rotatable bonds is 2. The number of aliphatic hydroxyl groups excluding tert-OH is 1. The summed E-state index contributed by atoms with van der Waals surface area (Å²) < 4.78 is 4.87.